The molecule has 1 aromatic heterocycles. The molecule has 1 amide bonds. The lowest BCUT2D eigenvalue weighted by Crippen LogP contribution is -2.33. The number of nitrogens with one attached hydrogen (secondary N) is 2. The molecule has 3 N–H and O–H groups in total. The van der Waals surface area contributed by atoms with Crippen LogP contribution in [0.4, 0.5) is 0 Å². The zero-order chi connectivity index (χ0) is 16.5. The molecule has 0 atom stereocenters. The molecule has 7 nitrogen and oxygen atoms in total. The summed E-state index contributed by atoms with van der Waals surface area (Å²) < 4.78 is 0. The Kier molecular flexibility index (Phi) is 7.28. The quantitative estimate of drug-likeness (QED) is 0.595. The molecule has 0 aliphatic rings. The molecular formula is C15H23N3O4. The van der Waals surface area contributed by atoms with Crippen molar-refractivity contribution in [3.05, 3.63) is 27.2 Å². The van der Waals surface area contributed by atoms with Gasteiger partial charge in [0.05, 0.1) is 5.69 Å². The van der Waals surface area contributed by atoms with E-state index in [1.165, 1.54) is 0 Å². The predicted octanol–water partition coefficient (Wildman–Crippen LogP) is 1.27. The largest absolute Gasteiger partial charge is 0.481 e. The molecule has 1 aromatic rings. The summed E-state index contributed by atoms with van der Waals surface area (Å²) in [5, 5.41) is 17.6. The molecule has 0 aliphatic carbocycles. The van der Waals surface area contributed by atoms with E-state index >= 15 is 0 Å². The molecule has 1 heterocycles. The highest BCUT2D eigenvalue weighted by molar-refractivity contribution is 5.95. The van der Waals surface area contributed by atoms with Gasteiger partial charge in [-0.2, -0.15) is 5.10 Å². The highest BCUT2D eigenvalue weighted by Crippen LogP contribution is 2.10. The second-order valence-electron chi connectivity index (χ2n) is 5.02. The van der Waals surface area contributed by atoms with Crippen molar-refractivity contribution in [3.8, 4) is 0 Å². The number of carbonyl (C=O) groups is 2. The van der Waals surface area contributed by atoms with E-state index in [2.05, 4.69) is 15.5 Å². The minimum Gasteiger partial charge on any atom is -0.481 e. The number of hydrogen-bond donors (Lipinski definition) is 3. The van der Waals surface area contributed by atoms with Crippen molar-refractivity contribution in [1.82, 2.24) is 15.5 Å². The molecule has 0 unspecified atom stereocenters. The number of carboxylic acid groups (broad SMARTS) is 1. The molecule has 0 bridgehead atoms. The first kappa shape index (κ1) is 17.9. The third-order valence-electron chi connectivity index (χ3n) is 3.44. The molecule has 0 saturated carbocycles. The summed E-state index contributed by atoms with van der Waals surface area (Å²) in [6.07, 6.45) is 3.35. The Hall–Kier alpha value is -2.18. The number of unbranched alkanes of at least 4 members (excludes halogenated alkanes) is 2. The number of carbonyl (C=O) groups excluding carboxylic acids is 1. The van der Waals surface area contributed by atoms with Gasteiger partial charge in [0.15, 0.2) is 0 Å². The predicted molar refractivity (Wildman–Crippen MR) is 82.1 cm³/mol. The van der Waals surface area contributed by atoms with Gasteiger partial charge < -0.3 is 10.4 Å². The van der Waals surface area contributed by atoms with Crippen LogP contribution >= 0.6 is 0 Å². The second kappa shape index (κ2) is 8.96. The second-order valence-corrected chi connectivity index (χ2v) is 5.02. The van der Waals surface area contributed by atoms with Crippen LogP contribution < -0.4 is 10.9 Å². The average molecular weight is 309 g/mol. The molecule has 0 aromatic carbocycles. The monoisotopic (exact) mass is 309 g/mol. The molecule has 122 valence electrons. The fourth-order valence-corrected chi connectivity index (χ4v) is 2.30. The number of aromatic amines is 1. The van der Waals surface area contributed by atoms with Crippen LogP contribution in [0.5, 0.6) is 0 Å². The van der Waals surface area contributed by atoms with Gasteiger partial charge in [-0.3, -0.25) is 14.4 Å². The number of H-pyrrole nitrogens is 1. The Balaban J connectivity index is 2.62. The molecule has 0 fully saturated rings. The number of rotatable bonds is 9. The van der Waals surface area contributed by atoms with Gasteiger partial charge in [0.2, 0.25) is 0 Å². The number of nitrogens with zero attached hydrogens (tertiary/aromatic N) is 1. The van der Waals surface area contributed by atoms with E-state index in [4.69, 9.17) is 5.11 Å². The molecule has 0 saturated heterocycles. The lowest BCUT2D eigenvalue weighted by molar-refractivity contribution is -0.137. The van der Waals surface area contributed by atoms with Gasteiger partial charge in [0.25, 0.3) is 11.5 Å². The first-order valence-corrected chi connectivity index (χ1v) is 7.61. The highest BCUT2D eigenvalue weighted by atomic mass is 16.4. The molecule has 7 heteroatoms. The molecule has 0 aliphatic heterocycles. The van der Waals surface area contributed by atoms with Crippen molar-refractivity contribution in [2.24, 2.45) is 0 Å². The Labute approximate surface area is 129 Å². The van der Waals surface area contributed by atoms with Gasteiger partial charge in [0, 0.05) is 13.0 Å². The van der Waals surface area contributed by atoms with Gasteiger partial charge in [0.1, 0.15) is 5.56 Å². The Morgan fingerprint density at radius 2 is 1.91 bits per heavy atom. The van der Waals surface area contributed by atoms with E-state index in [-0.39, 0.29) is 12.0 Å². The zero-order valence-electron chi connectivity index (χ0n) is 13.1. The van der Waals surface area contributed by atoms with Crippen LogP contribution in [0.2, 0.25) is 0 Å². The molecular weight excluding hydrogens is 286 g/mol. The number of aromatic nitrogens is 2. The van der Waals surface area contributed by atoms with E-state index in [1.807, 2.05) is 13.8 Å². The minimum absolute atomic E-state index is 0.137. The third kappa shape index (κ3) is 4.98. The molecule has 0 radical (unpaired) electrons. The SMILES string of the molecule is CCc1n[nH]c(=O)c(C(=O)NCCCCCC(=O)O)c1CC. The maximum absolute atomic E-state index is 12.2. The van der Waals surface area contributed by atoms with Gasteiger partial charge in [-0.05, 0) is 31.2 Å². The Morgan fingerprint density at radius 1 is 1.18 bits per heavy atom. The summed E-state index contributed by atoms with van der Waals surface area (Å²) >= 11 is 0. The van der Waals surface area contributed by atoms with E-state index in [0.29, 0.717) is 37.8 Å². The maximum atomic E-state index is 12.2. The fourth-order valence-electron chi connectivity index (χ4n) is 2.30. The standard InChI is InChI=1S/C15H23N3O4/c1-3-10-11(4-2)17-18-15(22)13(10)14(21)16-9-7-5-6-8-12(19)20/h3-9H2,1-2H3,(H,16,21)(H,18,22)(H,19,20). The summed E-state index contributed by atoms with van der Waals surface area (Å²) in [5.74, 6) is -1.21. The van der Waals surface area contributed by atoms with Crippen molar-refractivity contribution < 1.29 is 14.7 Å². The highest BCUT2D eigenvalue weighted by Gasteiger charge is 2.18. The molecule has 0 spiro atoms. The summed E-state index contributed by atoms with van der Waals surface area (Å²) in [6, 6.07) is 0. The van der Waals surface area contributed by atoms with Crippen molar-refractivity contribution in [3.63, 3.8) is 0 Å². The summed E-state index contributed by atoms with van der Waals surface area (Å²) in [5.41, 5.74) is 1.08. The van der Waals surface area contributed by atoms with Gasteiger partial charge in [-0.1, -0.05) is 20.3 Å². The van der Waals surface area contributed by atoms with Crippen molar-refractivity contribution >= 4 is 11.9 Å². The normalized spacial score (nSPS) is 10.5. The number of carboxylic acids is 1. The average Bonchev–Trinajstić information content (AvgIpc) is 2.49. The number of amides is 1. The fraction of sp³-hybridized carbons (Fsp3) is 0.600. The van der Waals surface area contributed by atoms with Crippen molar-refractivity contribution in [2.45, 2.75) is 52.4 Å². The Morgan fingerprint density at radius 3 is 2.50 bits per heavy atom. The summed E-state index contributed by atoms with van der Waals surface area (Å²) in [6.45, 7) is 4.23. The zero-order valence-corrected chi connectivity index (χ0v) is 13.1. The van der Waals surface area contributed by atoms with Crippen LogP contribution in [-0.4, -0.2) is 33.7 Å². The van der Waals surface area contributed by atoms with Crippen LogP contribution in [0, 0.1) is 0 Å². The van der Waals surface area contributed by atoms with Crippen LogP contribution in [-0.2, 0) is 17.6 Å². The van der Waals surface area contributed by atoms with Crippen LogP contribution in [0.15, 0.2) is 4.79 Å². The van der Waals surface area contributed by atoms with Gasteiger partial charge in [-0.25, -0.2) is 5.10 Å². The van der Waals surface area contributed by atoms with E-state index in [9.17, 15) is 14.4 Å². The smallest absolute Gasteiger partial charge is 0.303 e. The molecule has 1 rings (SSSR count). The van der Waals surface area contributed by atoms with E-state index < -0.39 is 17.4 Å². The summed E-state index contributed by atoms with van der Waals surface area (Å²) in [4.78, 5) is 34.5. The van der Waals surface area contributed by atoms with Gasteiger partial charge in [-0.15, -0.1) is 0 Å². The molecule has 22 heavy (non-hydrogen) atoms. The number of aliphatic carboxylic acids is 1. The van der Waals surface area contributed by atoms with Gasteiger partial charge >= 0.3 is 5.97 Å². The van der Waals surface area contributed by atoms with Crippen molar-refractivity contribution in [2.75, 3.05) is 6.54 Å². The van der Waals surface area contributed by atoms with Crippen molar-refractivity contribution in [1.29, 1.82) is 0 Å². The summed E-state index contributed by atoms with van der Waals surface area (Å²) in [7, 11) is 0. The minimum atomic E-state index is -0.813. The first-order valence-electron chi connectivity index (χ1n) is 7.61. The van der Waals surface area contributed by atoms with E-state index in [1.54, 1.807) is 0 Å². The lowest BCUT2D eigenvalue weighted by Gasteiger charge is -2.10. The van der Waals surface area contributed by atoms with E-state index in [0.717, 1.165) is 12.1 Å². The van der Waals surface area contributed by atoms with Crippen LogP contribution in [0.3, 0.4) is 0 Å². The Bertz CT molecular complexity index is 581. The third-order valence-corrected chi connectivity index (χ3v) is 3.44. The van der Waals surface area contributed by atoms with Crippen LogP contribution in [0.1, 0.15) is 61.1 Å². The first-order chi connectivity index (χ1) is 10.5. The number of aryl methyl sites for hydroxylation is 1. The maximum Gasteiger partial charge on any atom is 0.303 e. The van der Waals surface area contributed by atoms with Crippen LogP contribution in [0.25, 0.3) is 0 Å². The lowest BCUT2D eigenvalue weighted by atomic mass is 10.0. The topological polar surface area (TPSA) is 112 Å². The number of hydrogen-bond acceptors (Lipinski definition) is 4.